The second-order valence-electron chi connectivity index (χ2n) is 6.77. The number of hydrogen-bond donors (Lipinski definition) is 1. The zero-order valence-corrected chi connectivity index (χ0v) is 14.3. The van der Waals surface area contributed by atoms with Crippen LogP contribution in [0.1, 0.15) is 41.5 Å². The van der Waals surface area contributed by atoms with Gasteiger partial charge in [0, 0.05) is 10.3 Å². The fourth-order valence-corrected chi connectivity index (χ4v) is 2.18. The van der Waals surface area contributed by atoms with Gasteiger partial charge in [0.1, 0.15) is 5.60 Å². The number of rotatable bonds is 2. The summed E-state index contributed by atoms with van der Waals surface area (Å²) < 4.78 is 5.28. The summed E-state index contributed by atoms with van der Waals surface area (Å²) in [6, 6.07) is 7.19. The highest BCUT2D eigenvalue weighted by molar-refractivity contribution is 8.13. The van der Waals surface area contributed by atoms with Crippen molar-refractivity contribution in [2.75, 3.05) is 5.32 Å². The van der Waals surface area contributed by atoms with E-state index in [0.717, 1.165) is 11.8 Å². The molecule has 1 rings (SSSR count). The molecule has 0 heterocycles. The van der Waals surface area contributed by atoms with Gasteiger partial charge in [-0.3, -0.25) is 4.79 Å². The van der Waals surface area contributed by atoms with Crippen molar-refractivity contribution in [2.24, 2.45) is 5.41 Å². The average Bonchev–Trinajstić information content (AvgIpc) is 2.27. The minimum Gasteiger partial charge on any atom is -0.452 e. The van der Waals surface area contributed by atoms with E-state index in [0.29, 0.717) is 10.6 Å². The highest BCUT2D eigenvalue weighted by Crippen LogP contribution is 2.31. The van der Waals surface area contributed by atoms with Gasteiger partial charge in [-0.15, -0.1) is 0 Å². The Morgan fingerprint density at radius 1 is 1.05 bits per heavy atom. The first-order valence-corrected chi connectivity index (χ1v) is 7.62. The van der Waals surface area contributed by atoms with E-state index >= 15 is 0 Å². The summed E-state index contributed by atoms with van der Waals surface area (Å²) in [5.41, 5.74) is -0.412. The van der Waals surface area contributed by atoms with Crippen LogP contribution in [0.4, 0.5) is 10.5 Å². The van der Waals surface area contributed by atoms with Crippen LogP contribution < -0.4 is 5.32 Å². The molecule has 1 amide bonds. The summed E-state index contributed by atoms with van der Waals surface area (Å²) in [6.45, 7) is 11.0. The lowest BCUT2D eigenvalue weighted by Gasteiger charge is -2.21. The molecule has 0 aliphatic carbocycles. The van der Waals surface area contributed by atoms with Crippen molar-refractivity contribution in [3.8, 4) is 0 Å². The second-order valence-corrected chi connectivity index (χ2v) is 7.74. The summed E-state index contributed by atoms with van der Waals surface area (Å²) in [6.07, 6.45) is 0. The molecule has 0 aliphatic heterocycles. The van der Waals surface area contributed by atoms with Gasteiger partial charge >= 0.3 is 5.30 Å². The fraction of sp³-hybridized carbons (Fsp3) is 0.500. The van der Waals surface area contributed by atoms with Crippen LogP contribution in [0.25, 0.3) is 0 Å². The molecule has 0 atom stereocenters. The highest BCUT2D eigenvalue weighted by Gasteiger charge is 2.23. The number of thioether (sulfide) groups is 1. The maximum Gasteiger partial charge on any atom is 0.372 e. The van der Waals surface area contributed by atoms with E-state index in [1.54, 1.807) is 12.1 Å². The van der Waals surface area contributed by atoms with Crippen LogP contribution >= 0.6 is 11.8 Å². The quantitative estimate of drug-likeness (QED) is 0.635. The average molecular weight is 309 g/mol. The number of nitrogens with one attached hydrogen (secondary N) is 1. The molecule has 116 valence electrons. The van der Waals surface area contributed by atoms with Gasteiger partial charge in [0.2, 0.25) is 5.91 Å². The Morgan fingerprint density at radius 3 is 2.14 bits per heavy atom. The van der Waals surface area contributed by atoms with Gasteiger partial charge in [-0.2, -0.15) is 0 Å². The van der Waals surface area contributed by atoms with Gasteiger partial charge in [0.05, 0.1) is 5.69 Å². The molecule has 4 nitrogen and oxygen atoms in total. The van der Waals surface area contributed by atoms with Crippen LogP contribution in [0.5, 0.6) is 0 Å². The lowest BCUT2D eigenvalue weighted by Crippen LogP contribution is -2.28. The predicted octanol–water partition coefficient (Wildman–Crippen LogP) is 4.70. The van der Waals surface area contributed by atoms with Crippen LogP contribution in [0.15, 0.2) is 29.2 Å². The summed E-state index contributed by atoms with van der Waals surface area (Å²) >= 11 is 0.974. The molecule has 5 heteroatoms. The maximum absolute atomic E-state index is 12.1. The van der Waals surface area contributed by atoms with E-state index in [1.165, 1.54) is 0 Å². The highest BCUT2D eigenvalue weighted by atomic mass is 32.2. The van der Waals surface area contributed by atoms with Gasteiger partial charge in [-0.05, 0) is 44.7 Å². The van der Waals surface area contributed by atoms with Gasteiger partial charge in [0.25, 0.3) is 0 Å². The van der Waals surface area contributed by atoms with Crippen molar-refractivity contribution < 1.29 is 14.3 Å². The summed E-state index contributed by atoms with van der Waals surface area (Å²) in [5.74, 6) is -0.0975. The molecule has 0 radical (unpaired) electrons. The Hall–Kier alpha value is -1.49. The summed E-state index contributed by atoms with van der Waals surface area (Å²) in [4.78, 5) is 24.6. The van der Waals surface area contributed by atoms with Crippen LogP contribution in [0.2, 0.25) is 0 Å². The fourth-order valence-electron chi connectivity index (χ4n) is 1.33. The molecule has 1 N–H and O–H groups in total. The molecule has 1 aromatic rings. The number of hydrogen-bond acceptors (Lipinski definition) is 4. The zero-order chi connectivity index (χ0) is 16.3. The maximum atomic E-state index is 12.1. The van der Waals surface area contributed by atoms with E-state index < -0.39 is 11.0 Å². The first-order chi connectivity index (χ1) is 9.49. The molecular weight excluding hydrogens is 286 g/mol. The number of ether oxygens (including phenoxy) is 1. The van der Waals surface area contributed by atoms with E-state index in [9.17, 15) is 9.59 Å². The first kappa shape index (κ1) is 17.6. The van der Waals surface area contributed by atoms with E-state index in [4.69, 9.17) is 4.74 Å². The Bertz CT molecular complexity index is 527. The van der Waals surface area contributed by atoms with Crippen molar-refractivity contribution in [3.63, 3.8) is 0 Å². The second kappa shape index (κ2) is 6.52. The molecule has 0 saturated heterocycles. The first-order valence-electron chi connectivity index (χ1n) is 6.80. The number of para-hydroxylation sites is 1. The Labute approximate surface area is 130 Å². The number of carbonyl (C=O) groups excluding carboxylic acids is 2. The van der Waals surface area contributed by atoms with Crippen LogP contribution in [0.3, 0.4) is 0 Å². The van der Waals surface area contributed by atoms with Gasteiger partial charge in [0.15, 0.2) is 0 Å². The standard InChI is InChI=1S/C16H23NO3S/c1-15(2,3)13(18)17-11-9-7-8-10-12(11)21-14(19)20-16(4,5)6/h7-10H,1-6H3,(H,17,18). The minimum atomic E-state index is -0.534. The van der Waals surface area contributed by atoms with Gasteiger partial charge in [-0.25, -0.2) is 4.79 Å². The molecular formula is C16H23NO3S. The lowest BCUT2D eigenvalue weighted by atomic mass is 9.95. The monoisotopic (exact) mass is 309 g/mol. The largest absolute Gasteiger partial charge is 0.452 e. The smallest absolute Gasteiger partial charge is 0.372 e. The van der Waals surface area contributed by atoms with Crippen molar-refractivity contribution in [3.05, 3.63) is 24.3 Å². The molecule has 0 saturated carbocycles. The third-order valence-corrected chi connectivity index (χ3v) is 3.23. The minimum absolute atomic E-state index is 0.0975. The number of amides is 1. The van der Waals surface area contributed by atoms with Crippen LogP contribution in [-0.4, -0.2) is 16.8 Å². The van der Waals surface area contributed by atoms with E-state index in [1.807, 2.05) is 53.7 Å². The summed E-state index contributed by atoms with van der Waals surface area (Å²) in [7, 11) is 0. The topological polar surface area (TPSA) is 55.4 Å². The molecule has 21 heavy (non-hydrogen) atoms. The molecule has 0 bridgehead atoms. The number of carbonyl (C=O) groups is 2. The summed E-state index contributed by atoms with van der Waals surface area (Å²) in [5, 5.41) is 2.46. The number of anilines is 1. The van der Waals surface area contributed by atoms with Crippen molar-refractivity contribution in [2.45, 2.75) is 52.0 Å². The van der Waals surface area contributed by atoms with Gasteiger partial charge < -0.3 is 10.1 Å². The zero-order valence-electron chi connectivity index (χ0n) is 13.4. The molecule has 0 aliphatic rings. The third kappa shape index (κ3) is 6.21. The molecule has 0 unspecified atom stereocenters. The van der Waals surface area contributed by atoms with Crippen LogP contribution in [-0.2, 0) is 9.53 Å². The van der Waals surface area contributed by atoms with Crippen molar-refractivity contribution in [1.29, 1.82) is 0 Å². The van der Waals surface area contributed by atoms with Crippen molar-refractivity contribution in [1.82, 2.24) is 0 Å². The van der Waals surface area contributed by atoms with Crippen molar-refractivity contribution >= 4 is 28.7 Å². The predicted molar refractivity (Wildman–Crippen MR) is 86.6 cm³/mol. The Balaban J connectivity index is 2.85. The molecule has 0 aromatic heterocycles. The molecule has 0 fully saturated rings. The normalized spacial score (nSPS) is 11.9. The Kier molecular flexibility index (Phi) is 5.45. The molecule has 1 aromatic carbocycles. The molecule has 0 spiro atoms. The van der Waals surface area contributed by atoms with E-state index in [-0.39, 0.29) is 11.2 Å². The number of benzene rings is 1. The third-order valence-electron chi connectivity index (χ3n) is 2.40. The van der Waals surface area contributed by atoms with E-state index in [2.05, 4.69) is 5.32 Å². The lowest BCUT2D eigenvalue weighted by molar-refractivity contribution is -0.123. The SMILES string of the molecule is CC(C)(C)OC(=O)Sc1ccccc1NC(=O)C(C)(C)C. The van der Waals surface area contributed by atoms with Crippen LogP contribution in [0, 0.1) is 5.41 Å². The Morgan fingerprint density at radius 2 is 1.62 bits per heavy atom. The van der Waals surface area contributed by atoms with Gasteiger partial charge in [-0.1, -0.05) is 32.9 Å².